The van der Waals surface area contributed by atoms with Crippen LogP contribution in [0.3, 0.4) is 0 Å². The lowest BCUT2D eigenvalue weighted by Gasteiger charge is -2.17. The number of carbonyl (C=O) groups is 1. The number of likely N-dealkylation sites (tertiary alicyclic amines) is 1. The van der Waals surface area contributed by atoms with E-state index in [1.54, 1.807) is 0 Å². The first kappa shape index (κ1) is 14.5. The molecule has 1 aromatic carbocycles. The average Bonchev–Trinajstić information content (AvgIpc) is 2.96. The standard InChI is InChI=1S/C15H22N2O3/c1-3-19-13-8-7-12(11-14(13)20-4-2)16-15(18)17-9-5-6-10-17/h7-8,11H,3-6,9-10H2,1-2H3,(H,16,18). The van der Waals surface area contributed by atoms with Gasteiger partial charge in [0.05, 0.1) is 13.2 Å². The zero-order valence-corrected chi connectivity index (χ0v) is 12.1. The summed E-state index contributed by atoms with van der Waals surface area (Å²) in [6.45, 7) is 6.66. The Labute approximate surface area is 119 Å². The summed E-state index contributed by atoms with van der Waals surface area (Å²) in [6.07, 6.45) is 2.17. The zero-order valence-electron chi connectivity index (χ0n) is 12.1. The molecule has 1 heterocycles. The Morgan fingerprint density at radius 3 is 2.45 bits per heavy atom. The molecule has 5 heteroatoms. The molecule has 110 valence electrons. The fourth-order valence-electron chi connectivity index (χ4n) is 2.25. The van der Waals surface area contributed by atoms with Crippen molar-refractivity contribution in [1.82, 2.24) is 4.90 Å². The molecule has 0 aliphatic carbocycles. The molecule has 1 N–H and O–H groups in total. The van der Waals surface area contributed by atoms with Crippen LogP contribution in [0.5, 0.6) is 11.5 Å². The Balaban J connectivity index is 2.07. The Morgan fingerprint density at radius 2 is 1.80 bits per heavy atom. The fraction of sp³-hybridized carbons (Fsp3) is 0.533. The van der Waals surface area contributed by atoms with Crippen molar-refractivity contribution in [3.63, 3.8) is 0 Å². The number of ether oxygens (including phenoxy) is 2. The van der Waals surface area contributed by atoms with Crippen molar-refractivity contribution in [2.24, 2.45) is 0 Å². The summed E-state index contributed by atoms with van der Waals surface area (Å²) in [5.74, 6) is 1.36. The third-order valence-electron chi connectivity index (χ3n) is 3.19. The third kappa shape index (κ3) is 3.56. The largest absolute Gasteiger partial charge is 0.490 e. The van der Waals surface area contributed by atoms with E-state index < -0.39 is 0 Å². The maximum atomic E-state index is 12.0. The first-order chi connectivity index (χ1) is 9.74. The molecular formula is C15H22N2O3. The van der Waals surface area contributed by atoms with Gasteiger partial charge in [-0.25, -0.2) is 4.79 Å². The molecule has 5 nitrogen and oxygen atoms in total. The van der Waals surface area contributed by atoms with Crippen LogP contribution in [-0.4, -0.2) is 37.2 Å². The molecule has 0 aromatic heterocycles. The van der Waals surface area contributed by atoms with E-state index in [1.807, 2.05) is 36.9 Å². The normalized spacial score (nSPS) is 14.2. The predicted octanol–water partition coefficient (Wildman–Crippen LogP) is 3.11. The highest BCUT2D eigenvalue weighted by Crippen LogP contribution is 2.30. The minimum absolute atomic E-state index is 0.0471. The van der Waals surface area contributed by atoms with Gasteiger partial charge in [-0.15, -0.1) is 0 Å². The second-order valence-corrected chi connectivity index (χ2v) is 4.65. The summed E-state index contributed by atoms with van der Waals surface area (Å²) >= 11 is 0. The number of nitrogens with zero attached hydrogens (tertiary/aromatic N) is 1. The monoisotopic (exact) mass is 278 g/mol. The number of carbonyl (C=O) groups excluding carboxylic acids is 1. The molecule has 0 atom stereocenters. The van der Waals surface area contributed by atoms with E-state index in [1.165, 1.54) is 0 Å². The van der Waals surface area contributed by atoms with Crippen LogP contribution in [0, 0.1) is 0 Å². The highest BCUT2D eigenvalue weighted by Gasteiger charge is 2.18. The van der Waals surface area contributed by atoms with Gasteiger partial charge in [0.2, 0.25) is 0 Å². The molecule has 0 saturated carbocycles. The molecule has 20 heavy (non-hydrogen) atoms. The zero-order chi connectivity index (χ0) is 14.4. The average molecular weight is 278 g/mol. The summed E-state index contributed by atoms with van der Waals surface area (Å²) in [5.41, 5.74) is 0.730. The number of amides is 2. The quantitative estimate of drug-likeness (QED) is 0.900. The summed E-state index contributed by atoms with van der Waals surface area (Å²) in [7, 11) is 0. The van der Waals surface area contributed by atoms with Gasteiger partial charge in [-0.1, -0.05) is 0 Å². The lowest BCUT2D eigenvalue weighted by molar-refractivity contribution is 0.222. The van der Waals surface area contributed by atoms with Gasteiger partial charge in [-0.3, -0.25) is 0 Å². The van der Waals surface area contributed by atoms with E-state index in [4.69, 9.17) is 9.47 Å². The van der Waals surface area contributed by atoms with Crippen molar-refractivity contribution in [1.29, 1.82) is 0 Å². The topological polar surface area (TPSA) is 50.8 Å². The van der Waals surface area contributed by atoms with Gasteiger partial charge in [-0.05, 0) is 38.8 Å². The molecule has 1 saturated heterocycles. The number of urea groups is 1. The van der Waals surface area contributed by atoms with Crippen molar-refractivity contribution in [2.45, 2.75) is 26.7 Å². The number of hydrogen-bond donors (Lipinski definition) is 1. The van der Waals surface area contributed by atoms with Gasteiger partial charge >= 0.3 is 6.03 Å². The van der Waals surface area contributed by atoms with E-state index in [0.29, 0.717) is 24.7 Å². The molecule has 0 bridgehead atoms. The fourth-order valence-corrected chi connectivity index (χ4v) is 2.25. The van der Waals surface area contributed by atoms with Crippen LogP contribution in [0.2, 0.25) is 0 Å². The van der Waals surface area contributed by atoms with E-state index >= 15 is 0 Å². The van der Waals surface area contributed by atoms with E-state index in [-0.39, 0.29) is 6.03 Å². The van der Waals surface area contributed by atoms with Crippen molar-refractivity contribution in [3.8, 4) is 11.5 Å². The van der Waals surface area contributed by atoms with Gasteiger partial charge in [0, 0.05) is 24.8 Å². The lowest BCUT2D eigenvalue weighted by atomic mass is 10.2. The Morgan fingerprint density at radius 1 is 1.15 bits per heavy atom. The Kier molecular flexibility index (Phi) is 5.09. The van der Waals surface area contributed by atoms with Crippen LogP contribution in [0.25, 0.3) is 0 Å². The molecule has 0 spiro atoms. The van der Waals surface area contributed by atoms with Crippen LogP contribution in [-0.2, 0) is 0 Å². The minimum Gasteiger partial charge on any atom is -0.490 e. The summed E-state index contributed by atoms with van der Waals surface area (Å²) < 4.78 is 11.0. The highest BCUT2D eigenvalue weighted by atomic mass is 16.5. The second kappa shape index (κ2) is 7.03. The molecule has 0 unspecified atom stereocenters. The van der Waals surface area contributed by atoms with Gasteiger partial charge in [0.15, 0.2) is 11.5 Å². The van der Waals surface area contributed by atoms with Gasteiger partial charge in [-0.2, -0.15) is 0 Å². The Bertz CT molecular complexity index is 456. The van der Waals surface area contributed by atoms with Crippen molar-refractivity contribution in [3.05, 3.63) is 18.2 Å². The SMILES string of the molecule is CCOc1ccc(NC(=O)N2CCCC2)cc1OCC. The minimum atomic E-state index is -0.0471. The van der Waals surface area contributed by atoms with Crippen LogP contribution in [0.15, 0.2) is 18.2 Å². The van der Waals surface area contributed by atoms with Gasteiger partial charge in [0.25, 0.3) is 0 Å². The first-order valence-corrected chi connectivity index (χ1v) is 7.20. The maximum Gasteiger partial charge on any atom is 0.321 e. The lowest BCUT2D eigenvalue weighted by Crippen LogP contribution is -2.32. The van der Waals surface area contributed by atoms with Crippen molar-refractivity contribution >= 4 is 11.7 Å². The number of nitrogens with one attached hydrogen (secondary N) is 1. The van der Waals surface area contributed by atoms with E-state index in [9.17, 15) is 4.79 Å². The maximum absolute atomic E-state index is 12.0. The third-order valence-corrected chi connectivity index (χ3v) is 3.19. The predicted molar refractivity (Wildman–Crippen MR) is 78.6 cm³/mol. The Hall–Kier alpha value is -1.91. The summed E-state index contributed by atoms with van der Waals surface area (Å²) in [5, 5.41) is 2.90. The van der Waals surface area contributed by atoms with Crippen LogP contribution in [0.1, 0.15) is 26.7 Å². The highest BCUT2D eigenvalue weighted by molar-refractivity contribution is 5.89. The number of benzene rings is 1. The number of hydrogen-bond acceptors (Lipinski definition) is 3. The number of rotatable bonds is 5. The van der Waals surface area contributed by atoms with Crippen LogP contribution >= 0.6 is 0 Å². The molecule has 2 amide bonds. The molecular weight excluding hydrogens is 256 g/mol. The van der Waals surface area contributed by atoms with Crippen LogP contribution < -0.4 is 14.8 Å². The number of anilines is 1. The van der Waals surface area contributed by atoms with Gasteiger partial charge < -0.3 is 19.7 Å². The summed E-state index contributed by atoms with van der Waals surface area (Å²) in [4.78, 5) is 13.9. The van der Waals surface area contributed by atoms with Crippen molar-refractivity contribution < 1.29 is 14.3 Å². The molecule has 1 fully saturated rings. The molecule has 0 radical (unpaired) electrons. The molecule has 1 aliphatic heterocycles. The summed E-state index contributed by atoms with van der Waals surface area (Å²) in [6, 6.07) is 5.42. The molecule has 1 aromatic rings. The van der Waals surface area contributed by atoms with Crippen LogP contribution in [0.4, 0.5) is 10.5 Å². The first-order valence-electron chi connectivity index (χ1n) is 7.20. The molecule has 2 rings (SSSR count). The van der Waals surface area contributed by atoms with Crippen molar-refractivity contribution in [2.75, 3.05) is 31.6 Å². The molecule has 1 aliphatic rings. The van der Waals surface area contributed by atoms with E-state index in [0.717, 1.165) is 31.6 Å². The van der Waals surface area contributed by atoms with E-state index in [2.05, 4.69) is 5.32 Å². The van der Waals surface area contributed by atoms with Gasteiger partial charge in [0.1, 0.15) is 0 Å². The second-order valence-electron chi connectivity index (χ2n) is 4.65. The smallest absolute Gasteiger partial charge is 0.321 e.